The summed E-state index contributed by atoms with van der Waals surface area (Å²) in [6.45, 7) is 1.93. The van der Waals surface area contributed by atoms with Gasteiger partial charge in [0.15, 0.2) is 0 Å². The van der Waals surface area contributed by atoms with Gasteiger partial charge in [0.05, 0.1) is 23.4 Å². The van der Waals surface area contributed by atoms with Crippen molar-refractivity contribution in [2.24, 2.45) is 0 Å². The second-order valence-corrected chi connectivity index (χ2v) is 4.19. The number of ether oxygens (including phenoxy) is 2. The number of hydrogen-bond donors (Lipinski definition) is 1. The van der Waals surface area contributed by atoms with Crippen LogP contribution in [0.1, 0.15) is 27.6 Å². The molecule has 0 saturated carbocycles. The number of rotatable bonds is 4. The lowest BCUT2D eigenvalue weighted by Crippen LogP contribution is -2.15. The molecule has 0 bridgehead atoms. The molecule has 0 aliphatic heterocycles. The van der Waals surface area contributed by atoms with Crippen molar-refractivity contribution in [3.63, 3.8) is 0 Å². The van der Waals surface area contributed by atoms with Crippen LogP contribution in [0, 0.1) is 0 Å². The Morgan fingerprint density at radius 2 is 1.57 bits per heavy atom. The summed E-state index contributed by atoms with van der Waals surface area (Å²) in [6, 6.07) is 13.2. The molecule has 0 aliphatic carbocycles. The van der Waals surface area contributed by atoms with Crippen LogP contribution in [0.2, 0.25) is 0 Å². The number of hydrogen-bond acceptors (Lipinski definition) is 5. The van der Waals surface area contributed by atoms with E-state index in [1.165, 1.54) is 12.1 Å². The first kappa shape index (κ1) is 14.6. The first-order valence-electron chi connectivity index (χ1n) is 6.46. The number of para-hydroxylation sites is 2. The molecule has 2 aromatic rings. The molecule has 0 unspecified atom stereocenters. The zero-order valence-corrected chi connectivity index (χ0v) is 11.5. The van der Waals surface area contributed by atoms with E-state index in [1.54, 1.807) is 37.3 Å². The maximum absolute atomic E-state index is 12.1. The average Bonchev–Trinajstić information content (AvgIpc) is 2.48. The second kappa shape index (κ2) is 6.56. The van der Waals surface area contributed by atoms with Crippen LogP contribution in [-0.2, 0) is 4.74 Å². The van der Waals surface area contributed by atoms with Gasteiger partial charge in [0.1, 0.15) is 5.75 Å². The largest absolute Gasteiger partial charge is 0.462 e. The van der Waals surface area contributed by atoms with Crippen molar-refractivity contribution in [1.82, 2.24) is 0 Å². The molecular formula is C16H15NO4. The fourth-order valence-electron chi connectivity index (χ4n) is 1.78. The standard InChI is InChI=1S/C16H15NO4/c1-2-20-15(18)12-9-6-10-13(14(12)17)16(19)21-11-7-4-3-5-8-11/h3-10H,2,17H2,1H3. The molecule has 0 amide bonds. The summed E-state index contributed by atoms with van der Waals surface area (Å²) in [5, 5.41) is 0. The van der Waals surface area contributed by atoms with Gasteiger partial charge in [-0.15, -0.1) is 0 Å². The summed E-state index contributed by atoms with van der Waals surface area (Å²) >= 11 is 0. The highest BCUT2D eigenvalue weighted by atomic mass is 16.5. The quantitative estimate of drug-likeness (QED) is 0.531. The molecule has 2 aromatic carbocycles. The highest BCUT2D eigenvalue weighted by Crippen LogP contribution is 2.21. The van der Waals surface area contributed by atoms with Crippen molar-refractivity contribution >= 4 is 17.6 Å². The first-order valence-corrected chi connectivity index (χ1v) is 6.46. The zero-order chi connectivity index (χ0) is 15.2. The Morgan fingerprint density at radius 3 is 2.19 bits per heavy atom. The lowest BCUT2D eigenvalue weighted by atomic mass is 10.1. The third-order valence-corrected chi connectivity index (χ3v) is 2.78. The summed E-state index contributed by atoms with van der Waals surface area (Å²) in [5.74, 6) is -0.780. The van der Waals surface area contributed by atoms with Gasteiger partial charge in [-0.2, -0.15) is 0 Å². The number of carbonyl (C=O) groups excluding carboxylic acids is 2. The SMILES string of the molecule is CCOC(=O)c1cccc(C(=O)Oc2ccccc2)c1N. The van der Waals surface area contributed by atoms with Gasteiger partial charge in [-0.1, -0.05) is 24.3 Å². The van der Waals surface area contributed by atoms with Gasteiger partial charge in [0.25, 0.3) is 0 Å². The van der Waals surface area contributed by atoms with Gasteiger partial charge in [0, 0.05) is 0 Å². The third-order valence-electron chi connectivity index (χ3n) is 2.78. The molecule has 0 heterocycles. The van der Waals surface area contributed by atoms with E-state index in [2.05, 4.69) is 0 Å². The fraction of sp³-hybridized carbons (Fsp3) is 0.125. The fourth-order valence-corrected chi connectivity index (χ4v) is 1.78. The lowest BCUT2D eigenvalue weighted by molar-refractivity contribution is 0.0527. The van der Waals surface area contributed by atoms with E-state index in [1.807, 2.05) is 6.07 Å². The summed E-state index contributed by atoms with van der Waals surface area (Å²) in [6.07, 6.45) is 0. The topological polar surface area (TPSA) is 78.6 Å². The van der Waals surface area contributed by atoms with E-state index in [-0.39, 0.29) is 23.4 Å². The van der Waals surface area contributed by atoms with Crippen LogP contribution in [0.5, 0.6) is 5.75 Å². The molecule has 21 heavy (non-hydrogen) atoms. The van der Waals surface area contributed by atoms with Crippen LogP contribution >= 0.6 is 0 Å². The summed E-state index contributed by atoms with van der Waals surface area (Å²) in [4.78, 5) is 23.9. The predicted octanol–water partition coefficient (Wildman–Crippen LogP) is 2.66. The predicted molar refractivity (Wildman–Crippen MR) is 78.2 cm³/mol. The molecule has 5 heteroatoms. The molecule has 0 spiro atoms. The van der Waals surface area contributed by atoms with E-state index in [4.69, 9.17) is 15.2 Å². The smallest absolute Gasteiger partial charge is 0.345 e. The Kier molecular flexibility index (Phi) is 4.56. The molecule has 0 saturated heterocycles. The minimum atomic E-state index is -0.621. The maximum atomic E-state index is 12.1. The Labute approximate surface area is 122 Å². The van der Waals surface area contributed by atoms with E-state index in [0.29, 0.717) is 5.75 Å². The number of anilines is 1. The van der Waals surface area contributed by atoms with Gasteiger partial charge in [-0.25, -0.2) is 9.59 Å². The van der Waals surface area contributed by atoms with Gasteiger partial charge in [-0.05, 0) is 31.2 Å². The van der Waals surface area contributed by atoms with Crippen LogP contribution in [0.15, 0.2) is 48.5 Å². The monoisotopic (exact) mass is 285 g/mol. The minimum Gasteiger partial charge on any atom is -0.462 e. The minimum absolute atomic E-state index is 0.0527. The number of nitrogens with two attached hydrogens (primary N) is 1. The number of nitrogen functional groups attached to an aromatic ring is 1. The molecular weight excluding hydrogens is 270 g/mol. The lowest BCUT2D eigenvalue weighted by Gasteiger charge is -2.10. The Hall–Kier alpha value is -2.82. The second-order valence-electron chi connectivity index (χ2n) is 4.19. The number of esters is 2. The van der Waals surface area contributed by atoms with Crippen molar-refractivity contribution in [3.8, 4) is 5.75 Å². The van der Waals surface area contributed by atoms with Crippen LogP contribution < -0.4 is 10.5 Å². The summed E-state index contributed by atoms with van der Waals surface area (Å²) < 4.78 is 10.1. The molecule has 0 fully saturated rings. The highest BCUT2D eigenvalue weighted by molar-refractivity contribution is 6.04. The van der Waals surface area contributed by atoms with Gasteiger partial charge in [-0.3, -0.25) is 0 Å². The van der Waals surface area contributed by atoms with Crippen molar-refractivity contribution < 1.29 is 19.1 Å². The molecule has 0 atom stereocenters. The molecule has 2 rings (SSSR count). The number of carbonyl (C=O) groups is 2. The molecule has 0 aromatic heterocycles. The third kappa shape index (κ3) is 3.39. The first-order chi connectivity index (χ1) is 10.1. The molecule has 108 valence electrons. The Morgan fingerprint density at radius 1 is 0.952 bits per heavy atom. The van der Waals surface area contributed by atoms with Crippen LogP contribution in [0.3, 0.4) is 0 Å². The van der Waals surface area contributed by atoms with Crippen LogP contribution in [0.25, 0.3) is 0 Å². The summed E-state index contributed by atoms with van der Waals surface area (Å²) in [7, 11) is 0. The summed E-state index contributed by atoms with van der Waals surface area (Å²) in [5.41, 5.74) is 6.20. The maximum Gasteiger partial charge on any atom is 0.345 e. The van der Waals surface area contributed by atoms with E-state index in [9.17, 15) is 9.59 Å². The average molecular weight is 285 g/mol. The Balaban J connectivity index is 2.26. The highest BCUT2D eigenvalue weighted by Gasteiger charge is 2.19. The van der Waals surface area contributed by atoms with Gasteiger partial charge < -0.3 is 15.2 Å². The molecule has 2 N–H and O–H groups in total. The zero-order valence-electron chi connectivity index (χ0n) is 11.5. The molecule has 5 nitrogen and oxygen atoms in total. The van der Waals surface area contributed by atoms with E-state index in [0.717, 1.165) is 0 Å². The van der Waals surface area contributed by atoms with E-state index >= 15 is 0 Å². The van der Waals surface area contributed by atoms with E-state index < -0.39 is 11.9 Å². The van der Waals surface area contributed by atoms with Crippen molar-refractivity contribution in [2.75, 3.05) is 12.3 Å². The van der Waals surface area contributed by atoms with Crippen molar-refractivity contribution in [1.29, 1.82) is 0 Å². The van der Waals surface area contributed by atoms with Crippen molar-refractivity contribution in [3.05, 3.63) is 59.7 Å². The normalized spacial score (nSPS) is 9.95. The van der Waals surface area contributed by atoms with Gasteiger partial charge in [0.2, 0.25) is 0 Å². The van der Waals surface area contributed by atoms with Crippen LogP contribution in [0.4, 0.5) is 5.69 Å². The Bertz CT molecular complexity index is 653. The van der Waals surface area contributed by atoms with Gasteiger partial charge >= 0.3 is 11.9 Å². The number of benzene rings is 2. The molecule has 0 aliphatic rings. The van der Waals surface area contributed by atoms with Crippen LogP contribution in [-0.4, -0.2) is 18.5 Å². The molecule has 0 radical (unpaired) electrons. The van der Waals surface area contributed by atoms with Crippen molar-refractivity contribution in [2.45, 2.75) is 6.92 Å².